The van der Waals surface area contributed by atoms with Gasteiger partial charge in [-0.2, -0.15) is 0 Å². The number of nitro benzene ring substituents is 1. The van der Waals surface area contributed by atoms with E-state index in [0.29, 0.717) is 0 Å². The number of non-ortho nitro benzene ring substituents is 1. The van der Waals surface area contributed by atoms with E-state index in [1.807, 2.05) is 0 Å². The van der Waals surface area contributed by atoms with E-state index >= 15 is 0 Å². The Kier molecular flexibility index (Phi) is 4.03. The van der Waals surface area contributed by atoms with E-state index in [0.717, 1.165) is 6.07 Å². The Morgan fingerprint density at radius 3 is 2.75 bits per heavy atom. The summed E-state index contributed by atoms with van der Waals surface area (Å²) < 4.78 is 0. The van der Waals surface area contributed by atoms with Crippen LogP contribution in [0, 0.1) is 10.1 Å². The van der Waals surface area contributed by atoms with Gasteiger partial charge in [0.25, 0.3) is 5.69 Å². The van der Waals surface area contributed by atoms with Gasteiger partial charge in [0.2, 0.25) is 0 Å². The maximum atomic E-state index is 10.5. The van der Waals surface area contributed by atoms with Crippen LogP contribution >= 0.6 is 0 Å². The van der Waals surface area contributed by atoms with Crippen molar-refractivity contribution in [2.24, 2.45) is 0 Å². The highest BCUT2D eigenvalue weighted by atomic mass is 16.6. The fraction of sp³-hybridized carbons (Fsp3) is 0.333. The summed E-state index contributed by atoms with van der Waals surface area (Å²) in [6.45, 7) is -0.437. The van der Waals surface area contributed by atoms with Gasteiger partial charge in [-0.15, -0.1) is 0 Å². The number of nitro groups is 1. The van der Waals surface area contributed by atoms with Gasteiger partial charge in [0, 0.05) is 18.7 Å². The van der Waals surface area contributed by atoms with Gasteiger partial charge in [0.05, 0.1) is 23.3 Å². The quantitative estimate of drug-likeness (QED) is 0.322. The van der Waals surface area contributed by atoms with Gasteiger partial charge >= 0.3 is 0 Å². The molecule has 0 radical (unpaired) electrons. The lowest BCUT2D eigenvalue weighted by Gasteiger charge is -2.11. The Labute approximate surface area is 91.1 Å². The fourth-order valence-electron chi connectivity index (χ4n) is 1.07. The van der Waals surface area contributed by atoms with Crippen LogP contribution in [0.2, 0.25) is 0 Å². The second-order valence-corrected chi connectivity index (χ2v) is 3.18. The standard InChI is InChI=1S/C9H12N2O5/c12-5-7(13)4-10-8-3-6(11(15)16)1-2-9(8)14/h1-3,7,10,12-14H,4-5H2. The third kappa shape index (κ3) is 3.07. The molecule has 0 amide bonds. The Morgan fingerprint density at radius 2 is 2.19 bits per heavy atom. The van der Waals surface area contributed by atoms with E-state index in [4.69, 9.17) is 10.2 Å². The van der Waals surface area contributed by atoms with Crippen molar-refractivity contribution in [3.8, 4) is 5.75 Å². The highest BCUT2D eigenvalue weighted by molar-refractivity contribution is 5.60. The molecular weight excluding hydrogens is 216 g/mol. The van der Waals surface area contributed by atoms with Crippen molar-refractivity contribution in [3.63, 3.8) is 0 Å². The molecule has 7 heteroatoms. The van der Waals surface area contributed by atoms with Crippen LogP contribution in [0.25, 0.3) is 0 Å². The van der Waals surface area contributed by atoms with Crippen molar-refractivity contribution in [2.45, 2.75) is 6.10 Å². The average molecular weight is 228 g/mol. The molecule has 0 aliphatic rings. The van der Waals surface area contributed by atoms with Gasteiger partial charge in [-0.05, 0) is 6.07 Å². The van der Waals surface area contributed by atoms with Crippen molar-refractivity contribution in [3.05, 3.63) is 28.3 Å². The summed E-state index contributed by atoms with van der Waals surface area (Å²) >= 11 is 0. The minimum atomic E-state index is -0.987. The molecule has 0 aromatic heterocycles. The number of phenols is 1. The number of benzene rings is 1. The number of aromatic hydroxyl groups is 1. The van der Waals surface area contributed by atoms with E-state index in [9.17, 15) is 15.2 Å². The van der Waals surface area contributed by atoms with Crippen LogP contribution in [0.15, 0.2) is 18.2 Å². The molecule has 1 aromatic rings. The first-order valence-electron chi connectivity index (χ1n) is 4.54. The number of phenolic OH excluding ortho intramolecular Hbond substituents is 1. The molecule has 1 unspecified atom stereocenters. The smallest absolute Gasteiger partial charge is 0.271 e. The maximum Gasteiger partial charge on any atom is 0.271 e. The molecule has 0 saturated heterocycles. The third-order valence-electron chi connectivity index (χ3n) is 1.93. The molecule has 0 bridgehead atoms. The van der Waals surface area contributed by atoms with Gasteiger partial charge in [-0.3, -0.25) is 10.1 Å². The molecule has 1 rings (SSSR count). The van der Waals surface area contributed by atoms with Crippen LogP contribution in [0.4, 0.5) is 11.4 Å². The molecule has 88 valence electrons. The van der Waals surface area contributed by atoms with E-state index in [2.05, 4.69) is 5.32 Å². The Bertz CT molecular complexity index is 382. The fourth-order valence-corrected chi connectivity index (χ4v) is 1.07. The summed E-state index contributed by atoms with van der Waals surface area (Å²) in [5, 5.41) is 40.1. The summed E-state index contributed by atoms with van der Waals surface area (Å²) in [5.74, 6) is -0.157. The summed E-state index contributed by atoms with van der Waals surface area (Å²) in [6, 6.07) is 3.51. The summed E-state index contributed by atoms with van der Waals surface area (Å²) in [7, 11) is 0. The molecule has 0 aliphatic heterocycles. The number of nitrogens with zero attached hydrogens (tertiary/aromatic N) is 1. The van der Waals surface area contributed by atoms with Crippen LogP contribution in [0.1, 0.15) is 0 Å². The zero-order valence-electron chi connectivity index (χ0n) is 8.33. The van der Waals surface area contributed by atoms with Crippen molar-refractivity contribution in [1.29, 1.82) is 0 Å². The molecule has 0 saturated carbocycles. The highest BCUT2D eigenvalue weighted by Crippen LogP contribution is 2.27. The molecule has 0 spiro atoms. The Morgan fingerprint density at radius 1 is 1.50 bits per heavy atom. The molecule has 1 atom stereocenters. The highest BCUT2D eigenvalue weighted by Gasteiger charge is 2.11. The first-order valence-corrected chi connectivity index (χ1v) is 4.54. The van der Waals surface area contributed by atoms with Crippen LogP contribution in [-0.4, -0.2) is 39.5 Å². The first-order chi connectivity index (χ1) is 7.54. The van der Waals surface area contributed by atoms with Crippen molar-refractivity contribution in [2.75, 3.05) is 18.5 Å². The van der Waals surface area contributed by atoms with Crippen LogP contribution in [-0.2, 0) is 0 Å². The molecular formula is C9H12N2O5. The SMILES string of the molecule is O=[N+]([O-])c1ccc(O)c(NCC(O)CO)c1. The monoisotopic (exact) mass is 228 g/mol. The predicted molar refractivity (Wildman–Crippen MR) is 56.3 cm³/mol. The lowest BCUT2D eigenvalue weighted by Crippen LogP contribution is -2.22. The number of nitrogens with one attached hydrogen (secondary N) is 1. The number of rotatable bonds is 5. The second-order valence-electron chi connectivity index (χ2n) is 3.18. The Hall–Kier alpha value is -1.86. The number of hydrogen-bond acceptors (Lipinski definition) is 6. The number of aliphatic hydroxyl groups is 2. The number of hydrogen-bond donors (Lipinski definition) is 4. The summed E-state index contributed by atoms with van der Waals surface area (Å²) in [4.78, 5) is 9.88. The minimum Gasteiger partial charge on any atom is -0.506 e. The zero-order chi connectivity index (χ0) is 12.1. The van der Waals surface area contributed by atoms with Crippen LogP contribution < -0.4 is 5.32 Å². The average Bonchev–Trinajstić information content (AvgIpc) is 2.27. The van der Waals surface area contributed by atoms with Crippen molar-refractivity contribution in [1.82, 2.24) is 0 Å². The lowest BCUT2D eigenvalue weighted by atomic mass is 10.2. The van der Waals surface area contributed by atoms with Gasteiger partial charge < -0.3 is 20.6 Å². The van der Waals surface area contributed by atoms with Gasteiger partial charge in [-0.25, -0.2) is 0 Å². The molecule has 1 aromatic carbocycles. The number of anilines is 1. The second kappa shape index (κ2) is 5.29. The molecule has 0 fully saturated rings. The third-order valence-corrected chi connectivity index (χ3v) is 1.93. The maximum absolute atomic E-state index is 10.5. The van der Waals surface area contributed by atoms with E-state index in [1.54, 1.807) is 0 Å². The Balaban J connectivity index is 2.78. The van der Waals surface area contributed by atoms with Gasteiger partial charge in [0.1, 0.15) is 5.75 Å². The molecule has 16 heavy (non-hydrogen) atoms. The van der Waals surface area contributed by atoms with Gasteiger partial charge in [0.15, 0.2) is 0 Å². The van der Waals surface area contributed by atoms with Crippen molar-refractivity contribution >= 4 is 11.4 Å². The topological polar surface area (TPSA) is 116 Å². The zero-order valence-corrected chi connectivity index (χ0v) is 8.33. The summed E-state index contributed by atoms with van der Waals surface area (Å²) in [6.07, 6.45) is -0.987. The van der Waals surface area contributed by atoms with Crippen LogP contribution in [0.5, 0.6) is 5.75 Å². The molecule has 0 heterocycles. The predicted octanol–water partition coefficient (Wildman–Crippen LogP) is 0.0655. The van der Waals surface area contributed by atoms with E-state index in [1.165, 1.54) is 12.1 Å². The number of aliphatic hydroxyl groups excluding tert-OH is 2. The van der Waals surface area contributed by atoms with Crippen molar-refractivity contribution < 1.29 is 20.2 Å². The molecule has 4 N–H and O–H groups in total. The van der Waals surface area contributed by atoms with E-state index in [-0.39, 0.29) is 23.7 Å². The lowest BCUT2D eigenvalue weighted by molar-refractivity contribution is -0.384. The molecule has 7 nitrogen and oxygen atoms in total. The van der Waals surface area contributed by atoms with Gasteiger partial charge in [-0.1, -0.05) is 0 Å². The van der Waals surface area contributed by atoms with E-state index < -0.39 is 17.6 Å². The minimum absolute atomic E-state index is 0.00870. The first kappa shape index (κ1) is 12.2. The normalized spacial score (nSPS) is 12.1. The largest absolute Gasteiger partial charge is 0.506 e. The molecule has 0 aliphatic carbocycles. The van der Waals surface area contributed by atoms with Crippen LogP contribution in [0.3, 0.4) is 0 Å². The summed E-state index contributed by atoms with van der Waals surface area (Å²) in [5.41, 5.74) is -0.0273.